The smallest absolute Gasteiger partial charge is 0.303 e. The van der Waals surface area contributed by atoms with Gasteiger partial charge in [-0.25, -0.2) is 9.50 Å². The predicted octanol–water partition coefficient (Wildman–Crippen LogP) is 1.61. The highest BCUT2D eigenvalue weighted by molar-refractivity contribution is 5.93. The molecule has 1 N–H and O–H groups in total. The van der Waals surface area contributed by atoms with Crippen LogP contribution < -0.4 is 0 Å². The lowest BCUT2D eigenvalue weighted by Crippen LogP contribution is -2.31. The highest BCUT2D eigenvalue weighted by atomic mass is 16.4. The van der Waals surface area contributed by atoms with Crippen LogP contribution in [0.15, 0.2) is 18.2 Å². The average Bonchev–Trinajstić information content (AvgIpc) is 3.18. The van der Waals surface area contributed by atoms with Gasteiger partial charge in [-0.1, -0.05) is 0 Å². The minimum atomic E-state index is -0.842. The van der Waals surface area contributed by atoms with Crippen LogP contribution in [0.1, 0.15) is 46.1 Å². The monoisotopic (exact) mass is 382 g/mol. The van der Waals surface area contributed by atoms with E-state index in [1.807, 2.05) is 30.7 Å². The van der Waals surface area contributed by atoms with Crippen molar-refractivity contribution in [3.63, 3.8) is 0 Å². The highest BCUT2D eigenvalue weighted by Crippen LogP contribution is 2.18. The molecule has 0 bridgehead atoms. The highest BCUT2D eigenvalue weighted by Gasteiger charge is 2.24. The Morgan fingerprint density at radius 2 is 1.96 bits per heavy atom. The van der Waals surface area contributed by atoms with Gasteiger partial charge in [0.15, 0.2) is 11.3 Å². The van der Waals surface area contributed by atoms with Crippen molar-refractivity contribution in [2.75, 3.05) is 6.54 Å². The summed E-state index contributed by atoms with van der Waals surface area (Å²) in [7, 11) is 0. The fourth-order valence-corrected chi connectivity index (χ4v) is 3.61. The standard InChI is InChI=1S/C19H22N6O3/c1-12-8-13(2)25-17(20-12)10-16(22-25)19(28)23-6-3-7-24-15(11-23)9-14(21-24)4-5-18(26)27/h8-10H,3-7,11H2,1-2H3,(H,26,27). The zero-order valence-corrected chi connectivity index (χ0v) is 15.9. The molecule has 0 aromatic carbocycles. The van der Waals surface area contributed by atoms with E-state index in [0.717, 1.165) is 29.2 Å². The molecule has 4 heterocycles. The Labute approximate surface area is 161 Å². The van der Waals surface area contributed by atoms with Crippen LogP contribution in [-0.2, 0) is 24.3 Å². The Morgan fingerprint density at radius 3 is 2.75 bits per heavy atom. The molecule has 146 valence electrons. The third kappa shape index (κ3) is 3.47. The van der Waals surface area contributed by atoms with Crippen LogP contribution in [0, 0.1) is 13.8 Å². The molecule has 0 atom stereocenters. The quantitative estimate of drug-likeness (QED) is 0.735. The van der Waals surface area contributed by atoms with E-state index in [0.29, 0.717) is 37.4 Å². The average molecular weight is 382 g/mol. The maximum atomic E-state index is 13.1. The number of fused-ring (bicyclic) bond motifs is 2. The summed E-state index contributed by atoms with van der Waals surface area (Å²) >= 11 is 0. The van der Waals surface area contributed by atoms with Crippen LogP contribution in [0.25, 0.3) is 5.65 Å². The fourth-order valence-electron chi connectivity index (χ4n) is 3.61. The molecule has 9 nitrogen and oxygen atoms in total. The number of carboxylic acids is 1. The third-order valence-corrected chi connectivity index (χ3v) is 4.90. The summed E-state index contributed by atoms with van der Waals surface area (Å²) in [5.41, 5.74) is 4.52. The Bertz CT molecular complexity index is 1070. The maximum Gasteiger partial charge on any atom is 0.303 e. The SMILES string of the molecule is Cc1cc(C)n2nc(C(=O)N3CCCn4nc(CCC(=O)O)cc4C3)cc2n1. The van der Waals surface area contributed by atoms with E-state index in [2.05, 4.69) is 15.2 Å². The number of aryl methyl sites for hydroxylation is 4. The van der Waals surface area contributed by atoms with Gasteiger partial charge in [-0.15, -0.1) is 0 Å². The summed E-state index contributed by atoms with van der Waals surface area (Å²) in [6, 6.07) is 5.55. The molecule has 0 radical (unpaired) electrons. The number of nitrogens with zero attached hydrogens (tertiary/aromatic N) is 6. The molecule has 4 rings (SSSR count). The van der Waals surface area contributed by atoms with Gasteiger partial charge in [-0.3, -0.25) is 14.3 Å². The molecule has 1 aliphatic rings. The predicted molar refractivity (Wildman–Crippen MR) is 100 cm³/mol. The number of aliphatic carboxylic acids is 1. The van der Waals surface area contributed by atoms with E-state index in [9.17, 15) is 9.59 Å². The van der Waals surface area contributed by atoms with Crippen molar-refractivity contribution in [3.05, 3.63) is 46.7 Å². The van der Waals surface area contributed by atoms with Gasteiger partial charge >= 0.3 is 5.97 Å². The van der Waals surface area contributed by atoms with Crippen LogP contribution in [0.4, 0.5) is 0 Å². The first kappa shape index (κ1) is 18.1. The number of hydrogen-bond acceptors (Lipinski definition) is 5. The third-order valence-electron chi connectivity index (χ3n) is 4.90. The van der Waals surface area contributed by atoms with Crippen molar-refractivity contribution in [2.24, 2.45) is 0 Å². The number of carbonyl (C=O) groups excluding carboxylic acids is 1. The lowest BCUT2D eigenvalue weighted by molar-refractivity contribution is -0.136. The van der Waals surface area contributed by atoms with E-state index < -0.39 is 5.97 Å². The Morgan fingerprint density at radius 1 is 1.14 bits per heavy atom. The van der Waals surface area contributed by atoms with Gasteiger partial charge in [-0.2, -0.15) is 10.2 Å². The molecule has 0 fully saturated rings. The van der Waals surface area contributed by atoms with Crippen molar-refractivity contribution in [1.82, 2.24) is 29.3 Å². The summed E-state index contributed by atoms with van der Waals surface area (Å²) in [6.07, 6.45) is 1.22. The van der Waals surface area contributed by atoms with Gasteiger partial charge in [0.05, 0.1) is 24.4 Å². The van der Waals surface area contributed by atoms with Crippen LogP contribution in [0.2, 0.25) is 0 Å². The second kappa shape index (κ2) is 7.06. The molecule has 0 saturated carbocycles. The molecule has 3 aromatic heterocycles. The number of carboxylic acid groups (broad SMARTS) is 1. The molecular weight excluding hydrogens is 360 g/mol. The van der Waals surface area contributed by atoms with E-state index >= 15 is 0 Å². The van der Waals surface area contributed by atoms with Gasteiger partial charge < -0.3 is 10.0 Å². The van der Waals surface area contributed by atoms with E-state index in [4.69, 9.17) is 5.11 Å². The molecule has 3 aromatic rings. The van der Waals surface area contributed by atoms with Crippen molar-refractivity contribution in [3.8, 4) is 0 Å². The van der Waals surface area contributed by atoms with Crippen LogP contribution in [-0.4, -0.2) is 52.8 Å². The second-order valence-corrected chi connectivity index (χ2v) is 7.16. The molecule has 0 spiro atoms. The zero-order valence-electron chi connectivity index (χ0n) is 15.9. The van der Waals surface area contributed by atoms with Gasteiger partial charge in [0.1, 0.15) is 0 Å². The minimum absolute atomic E-state index is 0.0477. The lowest BCUT2D eigenvalue weighted by atomic mass is 10.2. The number of carbonyl (C=O) groups is 2. The van der Waals surface area contributed by atoms with Gasteiger partial charge in [0.25, 0.3) is 5.91 Å². The Balaban J connectivity index is 1.57. The fraction of sp³-hybridized carbons (Fsp3) is 0.421. The first-order valence-electron chi connectivity index (χ1n) is 9.31. The van der Waals surface area contributed by atoms with Crippen LogP contribution >= 0.6 is 0 Å². The summed E-state index contributed by atoms with van der Waals surface area (Å²) in [5, 5.41) is 17.8. The van der Waals surface area contributed by atoms with Crippen LogP contribution in [0.5, 0.6) is 0 Å². The lowest BCUT2D eigenvalue weighted by Gasteiger charge is -2.18. The second-order valence-electron chi connectivity index (χ2n) is 7.16. The topological polar surface area (TPSA) is 106 Å². The molecule has 0 aliphatic carbocycles. The van der Waals surface area contributed by atoms with Crippen molar-refractivity contribution >= 4 is 17.5 Å². The van der Waals surface area contributed by atoms with Gasteiger partial charge in [0.2, 0.25) is 0 Å². The number of amides is 1. The largest absolute Gasteiger partial charge is 0.481 e. The Hall–Kier alpha value is -3.23. The molecule has 0 unspecified atom stereocenters. The van der Waals surface area contributed by atoms with E-state index in [-0.39, 0.29) is 12.3 Å². The van der Waals surface area contributed by atoms with Crippen LogP contribution in [0.3, 0.4) is 0 Å². The number of aromatic nitrogens is 5. The summed E-state index contributed by atoms with van der Waals surface area (Å²) in [4.78, 5) is 30.1. The number of rotatable bonds is 4. The summed E-state index contributed by atoms with van der Waals surface area (Å²) < 4.78 is 3.56. The molecule has 28 heavy (non-hydrogen) atoms. The molecule has 1 amide bonds. The maximum absolute atomic E-state index is 13.1. The number of hydrogen-bond donors (Lipinski definition) is 1. The van der Waals surface area contributed by atoms with E-state index in [1.54, 1.807) is 15.5 Å². The minimum Gasteiger partial charge on any atom is -0.481 e. The van der Waals surface area contributed by atoms with E-state index in [1.165, 1.54) is 0 Å². The van der Waals surface area contributed by atoms with Gasteiger partial charge in [-0.05, 0) is 32.4 Å². The summed E-state index contributed by atoms with van der Waals surface area (Å²) in [5.74, 6) is -0.977. The first-order chi connectivity index (χ1) is 13.4. The van der Waals surface area contributed by atoms with Crippen molar-refractivity contribution in [1.29, 1.82) is 0 Å². The van der Waals surface area contributed by atoms with Crippen molar-refractivity contribution < 1.29 is 14.7 Å². The Kier molecular flexibility index (Phi) is 4.58. The molecule has 0 saturated heterocycles. The summed E-state index contributed by atoms with van der Waals surface area (Å²) in [6.45, 7) is 5.60. The van der Waals surface area contributed by atoms with Crippen molar-refractivity contribution in [2.45, 2.75) is 46.2 Å². The zero-order chi connectivity index (χ0) is 19.8. The first-order valence-corrected chi connectivity index (χ1v) is 9.31. The molecule has 9 heteroatoms. The molecule has 1 aliphatic heterocycles. The normalized spacial score (nSPS) is 14.1. The molecular formula is C19H22N6O3. The van der Waals surface area contributed by atoms with Gasteiger partial charge in [0, 0.05) is 37.0 Å².